The summed E-state index contributed by atoms with van der Waals surface area (Å²) >= 11 is 0. The molecule has 21 heavy (non-hydrogen) atoms. The van der Waals surface area contributed by atoms with E-state index in [9.17, 15) is 4.79 Å². The van der Waals surface area contributed by atoms with Gasteiger partial charge in [0.25, 0.3) is 0 Å². The lowest BCUT2D eigenvalue weighted by Crippen LogP contribution is -2.49. The zero-order chi connectivity index (χ0) is 15.3. The van der Waals surface area contributed by atoms with Gasteiger partial charge in [-0.1, -0.05) is 0 Å². The largest absolute Gasteiger partial charge is 0.377 e. The lowest BCUT2D eigenvalue weighted by molar-refractivity contribution is -0.119. The molecule has 0 spiro atoms. The number of anilines is 1. The second kappa shape index (κ2) is 6.70. The number of hydrogen-bond donors (Lipinski definition) is 1. The van der Waals surface area contributed by atoms with Crippen molar-refractivity contribution in [3.8, 4) is 6.07 Å². The molecule has 1 amide bonds. The van der Waals surface area contributed by atoms with Gasteiger partial charge < -0.3 is 10.1 Å². The second-order valence-corrected chi connectivity index (χ2v) is 5.71. The summed E-state index contributed by atoms with van der Waals surface area (Å²) in [5.41, 5.74) is 1.14. The minimum atomic E-state index is -0.160. The number of benzene rings is 1. The summed E-state index contributed by atoms with van der Waals surface area (Å²) in [6.45, 7) is 4.13. The molecular formula is C16H21N3O2. The van der Waals surface area contributed by atoms with E-state index in [1.807, 2.05) is 0 Å². The Morgan fingerprint density at radius 3 is 2.81 bits per heavy atom. The molecule has 0 aromatic heterocycles. The van der Waals surface area contributed by atoms with Gasteiger partial charge in [0.2, 0.25) is 5.91 Å². The Hall–Kier alpha value is -1.90. The molecule has 1 heterocycles. The fourth-order valence-electron chi connectivity index (χ4n) is 2.64. The molecule has 0 bridgehead atoms. The number of amides is 1. The first-order valence-corrected chi connectivity index (χ1v) is 7.12. The number of methoxy groups -OCH3 is 1. The van der Waals surface area contributed by atoms with Gasteiger partial charge in [0.1, 0.15) is 0 Å². The van der Waals surface area contributed by atoms with Crippen molar-refractivity contribution in [1.29, 1.82) is 5.26 Å². The van der Waals surface area contributed by atoms with E-state index < -0.39 is 0 Å². The molecule has 1 aliphatic rings. The van der Waals surface area contributed by atoms with Crippen LogP contribution in [-0.2, 0) is 9.53 Å². The summed E-state index contributed by atoms with van der Waals surface area (Å²) in [5.74, 6) is -0.0416. The van der Waals surface area contributed by atoms with Crippen LogP contribution in [0, 0.1) is 11.3 Å². The Kier molecular flexibility index (Phi) is 4.94. The quantitative estimate of drug-likeness (QED) is 0.920. The minimum absolute atomic E-state index is 0.0416. The Labute approximate surface area is 125 Å². The molecule has 1 N–H and O–H groups in total. The van der Waals surface area contributed by atoms with E-state index in [0.717, 1.165) is 25.9 Å². The molecule has 0 saturated carbocycles. The highest BCUT2D eigenvalue weighted by atomic mass is 16.5. The fraction of sp³-hybridized carbons (Fsp3) is 0.500. The Balaban J connectivity index is 1.88. The molecule has 1 atom stereocenters. The zero-order valence-corrected chi connectivity index (χ0v) is 12.6. The molecule has 0 aliphatic carbocycles. The third-order valence-corrected chi connectivity index (χ3v) is 3.90. The highest BCUT2D eigenvalue weighted by molar-refractivity contribution is 5.92. The molecular weight excluding hydrogens is 266 g/mol. The second-order valence-electron chi connectivity index (χ2n) is 5.71. The maximum absolute atomic E-state index is 12.1. The predicted octanol–water partition coefficient (Wildman–Crippen LogP) is 2.00. The summed E-state index contributed by atoms with van der Waals surface area (Å²) in [6.07, 6.45) is 2.06. The molecule has 1 saturated heterocycles. The van der Waals surface area contributed by atoms with Crippen LogP contribution in [0.3, 0.4) is 0 Å². The van der Waals surface area contributed by atoms with Crippen molar-refractivity contribution >= 4 is 11.6 Å². The average Bonchev–Trinajstić information content (AvgIpc) is 2.48. The molecule has 0 radical (unpaired) electrons. The number of nitriles is 1. The van der Waals surface area contributed by atoms with Crippen molar-refractivity contribution in [2.24, 2.45) is 0 Å². The highest BCUT2D eigenvalue weighted by Gasteiger charge is 2.31. The van der Waals surface area contributed by atoms with Crippen molar-refractivity contribution in [3.63, 3.8) is 0 Å². The van der Waals surface area contributed by atoms with Gasteiger partial charge in [0, 0.05) is 19.3 Å². The van der Waals surface area contributed by atoms with Gasteiger partial charge in [-0.05, 0) is 50.6 Å². The van der Waals surface area contributed by atoms with Crippen LogP contribution < -0.4 is 5.32 Å². The monoisotopic (exact) mass is 287 g/mol. The van der Waals surface area contributed by atoms with Crippen molar-refractivity contribution in [2.45, 2.75) is 25.4 Å². The van der Waals surface area contributed by atoms with Gasteiger partial charge in [-0.15, -0.1) is 0 Å². The lowest BCUT2D eigenvalue weighted by Gasteiger charge is -2.39. The van der Waals surface area contributed by atoms with Crippen LogP contribution in [0.5, 0.6) is 0 Å². The molecule has 1 aliphatic heterocycles. The summed E-state index contributed by atoms with van der Waals surface area (Å²) in [6, 6.07) is 8.92. The predicted molar refractivity (Wildman–Crippen MR) is 80.9 cm³/mol. The molecule has 112 valence electrons. The fourth-order valence-corrected chi connectivity index (χ4v) is 2.64. The van der Waals surface area contributed by atoms with Gasteiger partial charge in [-0.2, -0.15) is 5.26 Å². The van der Waals surface area contributed by atoms with Crippen molar-refractivity contribution in [1.82, 2.24) is 4.90 Å². The molecule has 1 unspecified atom stereocenters. The van der Waals surface area contributed by atoms with Gasteiger partial charge in [-0.25, -0.2) is 0 Å². The first kappa shape index (κ1) is 15.5. The Morgan fingerprint density at radius 1 is 1.48 bits per heavy atom. The third-order valence-electron chi connectivity index (χ3n) is 3.90. The van der Waals surface area contributed by atoms with Crippen LogP contribution in [0.4, 0.5) is 5.69 Å². The minimum Gasteiger partial charge on any atom is -0.377 e. The SMILES string of the molecule is COC1(C)CCCN(CC(=O)Nc2ccc(C#N)cc2)C1. The molecule has 1 aromatic rings. The zero-order valence-electron chi connectivity index (χ0n) is 12.6. The number of ether oxygens (including phenoxy) is 1. The lowest BCUT2D eigenvalue weighted by atomic mass is 9.95. The van der Waals surface area contributed by atoms with E-state index in [-0.39, 0.29) is 11.5 Å². The number of rotatable bonds is 4. The average molecular weight is 287 g/mol. The van der Waals surface area contributed by atoms with Crippen LogP contribution in [0.1, 0.15) is 25.3 Å². The molecule has 5 heteroatoms. The summed E-state index contributed by atoms with van der Waals surface area (Å²) in [4.78, 5) is 14.2. The van der Waals surface area contributed by atoms with E-state index in [1.165, 1.54) is 0 Å². The van der Waals surface area contributed by atoms with Crippen LogP contribution in [0.2, 0.25) is 0 Å². The van der Waals surface area contributed by atoms with E-state index >= 15 is 0 Å². The third kappa shape index (κ3) is 4.28. The number of nitrogens with zero attached hydrogens (tertiary/aromatic N) is 2. The van der Waals surface area contributed by atoms with Gasteiger partial charge in [-0.3, -0.25) is 9.69 Å². The van der Waals surface area contributed by atoms with Crippen molar-refractivity contribution in [3.05, 3.63) is 29.8 Å². The smallest absolute Gasteiger partial charge is 0.238 e. The highest BCUT2D eigenvalue weighted by Crippen LogP contribution is 2.23. The van der Waals surface area contributed by atoms with Crippen molar-refractivity contribution in [2.75, 3.05) is 32.1 Å². The summed E-state index contributed by atoms with van der Waals surface area (Å²) in [5, 5.41) is 11.6. The Morgan fingerprint density at radius 2 is 2.19 bits per heavy atom. The number of hydrogen-bond acceptors (Lipinski definition) is 4. The molecule has 5 nitrogen and oxygen atoms in total. The van der Waals surface area contributed by atoms with Crippen LogP contribution in [0.15, 0.2) is 24.3 Å². The van der Waals surface area contributed by atoms with Gasteiger partial charge in [0.05, 0.1) is 23.8 Å². The number of likely N-dealkylation sites (tertiary alicyclic amines) is 1. The number of nitrogens with one attached hydrogen (secondary N) is 1. The van der Waals surface area contributed by atoms with E-state index in [2.05, 4.69) is 23.2 Å². The normalized spacial score (nSPS) is 22.5. The first-order valence-electron chi connectivity index (χ1n) is 7.12. The maximum Gasteiger partial charge on any atom is 0.238 e. The van der Waals surface area contributed by atoms with E-state index in [0.29, 0.717) is 17.8 Å². The summed E-state index contributed by atoms with van der Waals surface area (Å²) < 4.78 is 5.53. The topological polar surface area (TPSA) is 65.4 Å². The number of carbonyl (C=O) groups is 1. The van der Waals surface area contributed by atoms with Gasteiger partial charge in [0.15, 0.2) is 0 Å². The number of carbonyl (C=O) groups excluding carboxylic acids is 1. The maximum atomic E-state index is 12.1. The standard InChI is InChI=1S/C16H21N3O2/c1-16(21-2)8-3-9-19(12-16)11-15(20)18-14-6-4-13(10-17)5-7-14/h4-7H,3,8-9,11-12H2,1-2H3,(H,18,20). The summed E-state index contributed by atoms with van der Waals surface area (Å²) in [7, 11) is 1.72. The van der Waals surface area contributed by atoms with Crippen LogP contribution in [0.25, 0.3) is 0 Å². The molecule has 2 rings (SSSR count). The van der Waals surface area contributed by atoms with Crippen LogP contribution in [-0.4, -0.2) is 43.2 Å². The van der Waals surface area contributed by atoms with E-state index in [1.54, 1.807) is 31.4 Å². The molecule has 1 aromatic carbocycles. The van der Waals surface area contributed by atoms with Gasteiger partial charge >= 0.3 is 0 Å². The van der Waals surface area contributed by atoms with Crippen molar-refractivity contribution < 1.29 is 9.53 Å². The first-order chi connectivity index (χ1) is 10.0. The number of piperidine rings is 1. The molecule has 1 fully saturated rings. The Bertz CT molecular complexity index is 535. The van der Waals surface area contributed by atoms with Crippen LogP contribution >= 0.6 is 0 Å². The van der Waals surface area contributed by atoms with E-state index in [4.69, 9.17) is 10.00 Å².